The number of piperazine rings is 1. The van der Waals surface area contributed by atoms with Gasteiger partial charge in [0.15, 0.2) is 11.7 Å². The van der Waals surface area contributed by atoms with Gasteiger partial charge in [-0.3, -0.25) is 4.79 Å². The quantitative estimate of drug-likeness (QED) is 0.345. The van der Waals surface area contributed by atoms with Crippen molar-refractivity contribution < 1.29 is 9.69 Å². The second kappa shape index (κ2) is 11.3. The van der Waals surface area contributed by atoms with Crippen LogP contribution >= 0.6 is 24.0 Å². The molecule has 1 heterocycles. The maximum atomic E-state index is 11.8. The molecule has 0 atom stereocenters. The fraction of sp³-hybridized carbons (Fsp3) is 0.556. The summed E-state index contributed by atoms with van der Waals surface area (Å²) >= 11 is 7.34. The highest BCUT2D eigenvalue weighted by molar-refractivity contribution is 7.99. The van der Waals surface area contributed by atoms with Crippen molar-refractivity contribution in [2.24, 2.45) is 0 Å². The average molecular weight is 382 g/mol. The zero-order valence-electron chi connectivity index (χ0n) is 14.9. The molecule has 0 aromatic heterocycles. The highest BCUT2D eigenvalue weighted by atomic mass is 32.2. The molecule has 7 heteroatoms. The molecule has 0 aliphatic carbocycles. The number of carbonyl (C=O) groups excluding carboxylic acids is 1. The van der Waals surface area contributed by atoms with Crippen molar-refractivity contribution >= 4 is 35.0 Å². The number of hydrogen-bond donors (Lipinski definition) is 3. The summed E-state index contributed by atoms with van der Waals surface area (Å²) in [5, 5.41) is 7.14. The van der Waals surface area contributed by atoms with Crippen LogP contribution in [-0.4, -0.2) is 67.5 Å². The molecule has 1 aliphatic rings. The lowest BCUT2D eigenvalue weighted by Gasteiger charge is -2.33. The zero-order valence-corrected chi connectivity index (χ0v) is 16.6. The molecule has 1 aliphatic heterocycles. The van der Waals surface area contributed by atoms with Crippen LogP contribution in [0.15, 0.2) is 35.2 Å². The summed E-state index contributed by atoms with van der Waals surface area (Å²) in [5.74, 6) is 1.15. The summed E-state index contributed by atoms with van der Waals surface area (Å²) in [6.07, 6.45) is 0.983. The molecule has 1 fully saturated rings. The van der Waals surface area contributed by atoms with Gasteiger partial charge in [0.05, 0.1) is 26.2 Å². The Labute approximate surface area is 160 Å². The molecule has 138 valence electrons. The summed E-state index contributed by atoms with van der Waals surface area (Å²) in [4.78, 5) is 16.6. The summed E-state index contributed by atoms with van der Waals surface area (Å²) in [7, 11) is 0. The Kier molecular flexibility index (Phi) is 9.07. The molecule has 5 nitrogen and oxygen atoms in total. The Morgan fingerprint density at radius 1 is 1.20 bits per heavy atom. The van der Waals surface area contributed by atoms with Crippen molar-refractivity contribution in [3.63, 3.8) is 0 Å². The van der Waals surface area contributed by atoms with Gasteiger partial charge in [0.2, 0.25) is 0 Å². The number of nitrogens with zero attached hydrogens (tertiary/aromatic N) is 1. The number of carbonyl (C=O) groups is 1. The van der Waals surface area contributed by atoms with Crippen LogP contribution in [0.5, 0.6) is 0 Å². The molecule has 1 aromatic carbocycles. The first kappa shape index (κ1) is 20.0. The van der Waals surface area contributed by atoms with Gasteiger partial charge in [-0.25, -0.2) is 0 Å². The maximum Gasteiger partial charge on any atom is 0.275 e. The summed E-state index contributed by atoms with van der Waals surface area (Å²) < 4.78 is 0. The molecule has 0 spiro atoms. The van der Waals surface area contributed by atoms with Crippen LogP contribution < -0.4 is 15.5 Å². The molecule has 25 heavy (non-hydrogen) atoms. The average Bonchev–Trinajstić information content (AvgIpc) is 2.65. The minimum Gasteiger partial charge on any atom is -0.362 e. The summed E-state index contributed by atoms with van der Waals surface area (Å²) in [6, 6.07) is 10.4. The van der Waals surface area contributed by atoms with E-state index in [4.69, 9.17) is 12.2 Å². The third-order valence-corrected chi connectivity index (χ3v) is 5.55. The van der Waals surface area contributed by atoms with Crippen molar-refractivity contribution in [1.82, 2.24) is 15.5 Å². The van der Waals surface area contributed by atoms with Crippen LogP contribution in [-0.2, 0) is 4.79 Å². The Balaban J connectivity index is 1.58. The van der Waals surface area contributed by atoms with Gasteiger partial charge in [0.1, 0.15) is 0 Å². The van der Waals surface area contributed by atoms with E-state index in [0.717, 1.165) is 56.6 Å². The van der Waals surface area contributed by atoms with Crippen LogP contribution in [0.4, 0.5) is 0 Å². The molecule has 0 bridgehead atoms. The molecule has 2 rings (SSSR count). The van der Waals surface area contributed by atoms with Crippen molar-refractivity contribution in [3.05, 3.63) is 30.3 Å². The topological polar surface area (TPSA) is 48.8 Å². The number of thiocarbonyl (C=S) groups is 1. The van der Waals surface area contributed by atoms with E-state index in [1.807, 2.05) is 17.8 Å². The maximum absolute atomic E-state index is 11.8. The van der Waals surface area contributed by atoms with Crippen LogP contribution in [0.2, 0.25) is 0 Å². The minimum atomic E-state index is 0.156. The zero-order chi connectivity index (χ0) is 17.9. The molecular formula is C18H29N4OS2+. The van der Waals surface area contributed by atoms with E-state index in [1.54, 1.807) is 0 Å². The molecule has 1 amide bonds. The number of nitrogens with one attached hydrogen (secondary N) is 3. The molecular weight excluding hydrogens is 352 g/mol. The van der Waals surface area contributed by atoms with Crippen LogP contribution in [0.25, 0.3) is 0 Å². The fourth-order valence-electron chi connectivity index (χ4n) is 2.71. The van der Waals surface area contributed by atoms with Gasteiger partial charge in [0.25, 0.3) is 5.91 Å². The van der Waals surface area contributed by atoms with Gasteiger partial charge < -0.3 is 20.4 Å². The number of benzene rings is 1. The Bertz CT molecular complexity index is 533. The molecule has 3 N–H and O–H groups in total. The molecule has 1 aromatic rings. The van der Waals surface area contributed by atoms with Crippen molar-refractivity contribution in [3.8, 4) is 0 Å². The Morgan fingerprint density at radius 2 is 1.92 bits per heavy atom. The number of rotatable bonds is 8. The molecule has 1 saturated heterocycles. The lowest BCUT2D eigenvalue weighted by Crippen LogP contribution is -3.16. The third kappa shape index (κ3) is 7.63. The van der Waals surface area contributed by atoms with Crippen LogP contribution in [0.3, 0.4) is 0 Å². The monoisotopic (exact) mass is 381 g/mol. The van der Waals surface area contributed by atoms with Crippen molar-refractivity contribution in [1.29, 1.82) is 0 Å². The second-order valence-corrected chi connectivity index (χ2v) is 7.71. The first-order chi connectivity index (χ1) is 12.2. The van der Waals surface area contributed by atoms with Crippen LogP contribution in [0.1, 0.15) is 13.3 Å². The van der Waals surface area contributed by atoms with Gasteiger partial charge in [0, 0.05) is 23.7 Å². The Morgan fingerprint density at radius 3 is 2.60 bits per heavy atom. The lowest BCUT2D eigenvalue weighted by molar-refractivity contribution is -0.895. The summed E-state index contributed by atoms with van der Waals surface area (Å²) in [6.45, 7) is 8.01. The van der Waals surface area contributed by atoms with Gasteiger partial charge in [-0.2, -0.15) is 0 Å². The predicted molar refractivity (Wildman–Crippen MR) is 108 cm³/mol. The number of hydrogen-bond acceptors (Lipinski definition) is 3. The normalized spacial score (nSPS) is 15.0. The first-order valence-corrected chi connectivity index (χ1v) is 10.4. The number of thioether (sulfide) groups is 1. The van der Waals surface area contributed by atoms with Crippen molar-refractivity contribution in [2.75, 3.05) is 51.6 Å². The van der Waals surface area contributed by atoms with E-state index >= 15 is 0 Å². The fourth-order valence-corrected chi connectivity index (χ4v) is 3.79. The lowest BCUT2D eigenvalue weighted by atomic mass is 10.3. The van der Waals surface area contributed by atoms with E-state index in [0.29, 0.717) is 6.54 Å². The summed E-state index contributed by atoms with van der Waals surface area (Å²) in [5.41, 5.74) is 0. The first-order valence-electron chi connectivity index (χ1n) is 9.00. The van der Waals surface area contributed by atoms with Gasteiger partial charge in [-0.1, -0.05) is 25.1 Å². The minimum absolute atomic E-state index is 0.156. The predicted octanol–water partition coefficient (Wildman–Crippen LogP) is 0.380. The highest BCUT2D eigenvalue weighted by Gasteiger charge is 2.23. The molecule has 0 radical (unpaired) electrons. The van der Waals surface area contributed by atoms with E-state index in [2.05, 4.69) is 46.7 Å². The van der Waals surface area contributed by atoms with E-state index in [1.165, 1.54) is 9.80 Å². The van der Waals surface area contributed by atoms with Gasteiger partial charge >= 0.3 is 0 Å². The second-order valence-electron chi connectivity index (χ2n) is 6.16. The number of quaternary nitrogens is 1. The van der Waals surface area contributed by atoms with Crippen LogP contribution in [0, 0.1) is 0 Å². The third-order valence-electron chi connectivity index (χ3n) is 4.13. The standard InChI is InChI=1S/C18H28N4OS2/c1-2-8-19-17(23)15-21-10-12-22(13-11-21)18(24)20-9-14-25-16-6-4-3-5-7-16/h3-7H,2,8-15H2,1H3,(H,19,23)(H,20,24)/p+1. The van der Waals surface area contributed by atoms with E-state index in [9.17, 15) is 4.79 Å². The van der Waals surface area contributed by atoms with E-state index in [-0.39, 0.29) is 5.91 Å². The Hall–Kier alpha value is -1.31. The van der Waals surface area contributed by atoms with Gasteiger partial charge in [-0.05, 0) is 30.8 Å². The highest BCUT2D eigenvalue weighted by Crippen LogP contribution is 2.15. The molecule has 0 unspecified atom stereocenters. The molecule has 0 saturated carbocycles. The number of amides is 1. The van der Waals surface area contributed by atoms with Gasteiger partial charge in [-0.15, -0.1) is 11.8 Å². The largest absolute Gasteiger partial charge is 0.362 e. The van der Waals surface area contributed by atoms with Crippen molar-refractivity contribution in [2.45, 2.75) is 18.2 Å². The van der Waals surface area contributed by atoms with E-state index < -0.39 is 0 Å². The smallest absolute Gasteiger partial charge is 0.275 e. The SMILES string of the molecule is CCCNC(=O)C[NH+]1CCN(C(=S)NCCSc2ccccc2)CC1.